The van der Waals surface area contributed by atoms with E-state index in [0.29, 0.717) is 5.02 Å². The van der Waals surface area contributed by atoms with E-state index in [9.17, 15) is 5.11 Å². The van der Waals surface area contributed by atoms with Crippen LogP contribution < -0.4 is 0 Å². The number of benzene rings is 2. The first kappa shape index (κ1) is 13.6. The molecule has 5 heteroatoms. The second-order valence-electron chi connectivity index (χ2n) is 4.81. The van der Waals surface area contributed by atoms with Crippen LogP contribution in [0, 0.1) is 0 Å². The van der Waals surface area contributed by atoms with E-state index in [2.05, 4.69) is 10.1 Å². The molecule has 1 aromatic heterocycles. The highest BCUT2D eigenvalue weighted by atomic mass is 35.5. The van der Waals surface area contributed by atoms with Crippen molar-refractivity contribution in [2.45, 2.75) is 12.5 Å². The molecule has 1 atom stereocenters. The number of phenols is 1. The van der Waals surface area contributed by atoms with E-state index in [4.69, 9.17) is 11.6 Å². The van der Waals surface area contributed by atoms with Crippen molar-refractivity contribution < 1.29 is 5.11 Å². The van der Waals surface area contributed by atoms with Crippen LogP contribution in [-0.2, 0) is 6.42 Å². The van der Waals surface area contributed by atoms with Crippen molar-refractivity contribution in [2.75, 3.05) is 0 Å². The third kappa shape index (κ3) is 3.23. The van der Waals surface area contributed by atoms with Crippen LogP contribution >= 0.6 is 11.6 Å². The Hall–Kier alpha value is -2.33. The van der Waals surface area contributed by atoms with Crippen molar-refractivity contribution in [3.8, 4) is 5.75 Å². The summed E-state index contributed by atoms with van der Waals surface area (Å²) in [5.74, 6) is 0.266. The third-order valence-electron chi connectivity index (χ3n) is 3.38. The highest BCUT2D eigenvalue weighted by Gasteiger charge is 2.15. The van der Waals surface area contributed by atoms with Crippen LogP contribution in [0.4, 0.5) is 0 Å². The lowest BCUT2D eigenvalue weighted by Crippen LogP contribution is -2.14. The normalized spacial score (nSPS) is 12.2. The Labute approximate surface area is 127 Å². The maximum Gasteiger partial charge on any atom is 0.137 e. The molecular formula is C16H14ClN3O. The Morgan fingerprint density at radius 1 is 1.05 bits per heavy atom. The molecule has 1 N–H and O–H groups in total. The van der Waals surface area contributed by atoms with Gasteiger partial charge in [-0.15, -0.1) is 0 Å². The van der Waals surface area contributed by atoms with Gasteiger partial charge in [0.15, 0.2) is 0 Å². The molecule has 0 bridgehead atoms. The molecule has 0 aliphatic rings. The van der Waals surface area contributed by atoms with Gasteiger partial charge in [0.25, 0.3) is 0 Å². The first-order valence-corrected chi connectivity index (χ1v) is 6.97. The number of hydrogen-bond donors (Lipinski definition) is 1. The van der Waals surface area contributed by atoms with Gasteiger partial charge in [0.05, 0.1) is 6.04 Å². The fourth-order valence-corrected chi connectivity index (χ4v) is 2.41. The highest BCUT2D eigenvalue weighted by Crippen LogP contribution is 2.24. The van der Waals surface area contributed by atoms with Gasteiger partial charge in [-0.3, -0.25) is 0 Å². The van der Waals surface area contributed by atoms with E-state index in [1.165, 1.54) is 6.33 Å². The lowest BCUT2D eigenvalue weighted by molar-refractivity contribution is 0.474. The maximum atomic E-state index is 9.38. The van der Waals surface area contributed by atoms with E-state index in [1.807, 2.05) is 41.1 Å². The summed E-state index contributed by atoms with van der Waals surface area (Å²) < 4.78 is 1.83. The Balaban J connectivity index is 1.93. The monoisotopic (exact) mass is 299 g/mol. The van der Waals surface area contributed by atoms with Crippen molar-refractivity contribution >= 4 is 11.6 Å². The fourth-order valence-electron chi connectivity index (χ4n) is 2.28. The summed E-state index contributed by atoms with van der Waals surface area (Å²) in [6.45, 7) is 0. The van der Waals surface area contributed by atoms with Gasteiger partial charge >= 0.3 is 0 Å². The Morgan fingerprint density at radius 2 is 1.76 bits per heavy atom. The molecule has 21 heavy (non-hydrogen) atoms. The zero-order valence-electron chi connectivity index (χ0n) is 11.2. The largest absolute Gasteiger partial charge is 0.508 e. The zero-order chi connectivity index (χ0) is 14.7. The minimum absolute atomic E-state index is 0.0364. The van der Waals surface area contributed by atoms with Crippen LogP contribution in [0.2, 0.25) is 5.02 Å². The van der Waals surface area contributed by atoms with Crippen molar-refractivity contribution in [1.29, 1.82) is 0 Å². The zero-order valence-corrected chi connectivity index (χ0v) is 12.0. The first-order chi connectivity index (χ1) is 10.2. The summed E-state index contributed by atoms with van der Waals surface area (Å²) in [4.78, 5) is 4.03. The average molecular weight is 300 g/mol. The van der Waals surface area contributed by atoms with E-state index < -0.39 is 0 Å². The number of rotatable bonds is 4. The van der Waals surface area contributed by atoms with Crippen LogP contribution in [0.1, 0.15) is 17.2 Å². The number of hydrogen-bond acceptors (Lipinski definition) is 3. The summed E-state index contributed by atoms with van der Waals surface area (Å²) in [5.41, 5.74) is 2.22. The molecule has 0 amide bonds. The molecule has 0 aliphatic carbocycles. The predicted octanol–water partition coefficient (Wildman–Crippen LogP) is 3.47. The van der Waals surface area contributed by atoms with Gasteiger partial charge in [0.2, 0.25) is 0 Å². The highest BCUT2D eigenvalue weighted by molar-refractivity contribution is 6.30. The first-order valence-electron chi connectivity index (χ1n) is 6.60. The lowest BCUT2D eigenvalue weighted by atomic mass is 9.99. The number of aromatic hydroxyl groups is 1. The molecule has 3 aromatic rings. The van der Waals surface area contributed by atoms with Crippen molar-refractivity contribution in [3.63, 3.8) is 0 Å². The minimum Gasteiger partial charge on any atom is -0.508 e. The number of nitrogens with zero attached hydrogens (tertiary/aromatic N) is 3. The van der Waals surface area contributed by atoms with E-state index >= 15 is 0 Å². The van der Waals surface area contributed by atoms with Crippen LogP contribution in [0.3, 0.4) is 0 Å². The van der Waals surface area contributed by atoms with Gasteiger partial charge in [-0.05, 0) is 41.8 Å². The van der Waals surface area contributed by atoms with Gasteiger partial charge < -0.3 is 5.11 Å². The molecule has 0 fully saturated rings. The summed E-state index contributed by atoms with van der Waals surface area (Å²) in [5, 5.41) is 14.3. The second-order valence-corrected chi connectivity index (χ2v) is 5.25. The van der Waals surface area contributed by atoms with Crippen LogP contribution in [0.25, 0.3) is 0 Å². The summed E-state index contributed by atoms with van der Waals surface area (Å²) in [6.07, 6.45) is 3.99. The Bertz CT molecular complexity index is 693. The molecule has 0 radical (unpaired) electrons. The van der Waals surface area contributed by atoms with Gasteiger partial charge in [-0.1, -0.05) is 35.9 Å². The summed E-state index contributed by atoms with van der Waals surface area (Å²) in [7, 11) is 0. The topological polar surface area (TPSA) is 50.9 Å². The number of halogens is 1. The maximum absolute atomic E-state index is 9.38. The molecule has 106 valence electrons. The van der Waals surface area contributed by atoms with E-state index in [-0.39, 0.29) is 11.8 Å². The minimum atomic E-state index is 0.0364. The SMILES string of the molecule is Oc1ccc(CC(c2ccc(Cl)cc2)n2cncn2)cc1. The molecule has 2 aromatic carbocycles. The van der Waals surface area contributed by atoms with Gasteiger partial charge in [-0.25, -0.2) is 9.67 Å². The number of aromatic nitrogens is 3. The quantitative estimate of drug-likeness (QED) is 0.802. The Morgan fingerprint density at radius 3 is 2.38 bits per heavy atom. The van der Waals surface area contributed by atoms with Crippen LogP contribution in [0.5, 0.6) is 5.75 Å². The molecule has 0 aliphatic heterocycles. The molecule has 4 nitrogen and oxygen atoms in total. The lowest BCUT2D eigenvalue weighted by Gasteiger charge is -2.18. The molecule has 0 saturated carbocycles. The van der Waals surface area contributed by atoms with Gasteiger partial charge in [0.1, 0.15) is 18.4 Å². The molecular weight excluding hydrogens is 286 g/mol. The average Bonchev–Trinajstić information content (AvgIpc) is 3.02. The van der Waals surface area contributed by atoms with Crippen LogP contribution in [-0.4, -0.2) is 19.9 Å². The summed E-state index contributed by atoms with van der Waals surface area (Å²) in [6, 6.07) is 15.0. The molecule has 3 rings (SSSR count). The molecule has 0 spiro atoms. The van der Waals surface area contributed by atoms with Crippen molar-refractivity contribution in [1.82, 2.24) is 14.8 Å². The van der Waals surface area contributed by atoms with Crippen molar-refractivity contribution in [3.05, 3.63) is 77.3 Å². The fraction of sp³-hybridized carbons (Fsp3) is 0.125. The predicted molar refractivity (Wildman–Crippen MR) is 81.4 cm³/mol. The van der Waals surface area contributed by atoms with E-state index in [0.717, 1.165) is 17.5 Å². The summed E-state index contributed by atoms with van der Waals surface area (Å²) >= 11 is 5.96. The van der Waals surface area contributed by atoms with Crippen molar-refractivity contribution in [2.24, 2.45) is 0 Å². The third-order valence-corrected chi connectivity index (χ3v) is 3.63. The standard InChI is InChI=1S/C16H14ClN3O/c17-14-5-3-13(4-6-14)16(20-11-18-10-19-20)9-12-1-7-15(21)8-2-12/h1-8,10-11,16,21H,9H2. The Kier molecular flexibility index (Phi) is 3.88. The van der Waals surface area contributed by atoms with Gasteiger partial charge in [0, 0.05) is 5.02 Å². The molecule has 1 unspecified atom stereocenters. The number of phenolic OH excluding ortho intramolecular Hbond substituents is 1. The molecule has 0 saturated heterocycles. The van der Waals surface area contributed by atoms with Crippen LogP contribution in [0.15, 0.2) is 61.2 Å². The molecule has 1 heterocycles. The second kappa shape index (κ2) is 5.97. The van der Waals surface area contributed by atoms with Gasteiger partial charge in [-0.2, -0.15) is 5.10 Å². The van der Waals surface area contributed by atoms with E-state index in [1.54, 1.807) is 18.5 Å². The smallest absolute Gasteiger partial charge is 0.137 e.